The number of rotatable bonds is 11. The highest BCUT2D eigenvalue weighted by Gasteiger charge is 2.34. The highest BCUT2D eigenvalue weighted by Crippen LogP contribution is 2.41. The summed E-state index contributed by atoms with van der Waals surface area (Å²) in [4.78, 5) is 0. The molecule has 0 radical (unpaired) electrons. The largest absolute Gasteiger partial charge is 0.163 e. The van der Waals surface area contributed by atoms with Crippen LogP contribution < -0.4 is 0 Å². The van der Waals surface area contributed by atoms with Crippen LogP contribution in [0.2, 0.25) is 26.2 Å². The van der Waals surface area contributed by atoms with Crippen LogP contribution in [0.4, 0.5) is 0 Å². The van der Waals surface area contributed by atoms with Crippen molar-refractivity contribution in [1.29, 1.82) is 0 Å². The van der Waals surface area contributed by atoms with E-state index < -0.39 is 16.1 Å². The summed E-state index contributed by atoms with van der Waals surface area (Å²) in [7, 11) is -4.15. The Kier molecular flexibility index (Phi) is 13.2. The van der Waals surface area contributed by atoms with Gasteiger partial charge < -0.3 is 0 Å². The van der Waals surface area contributed by atoms with E-state index in [9.17, 15) is 0 Å². The maximum atomic E-state index is 3.85. The second kappa shape index (κ2) is 15.8. The highest BCUT2D eigenvalue weighted by atomic mass is 28.3. The van der Waals surface area contributed by atoms with E-state index in [1.54, 1.807) is 11.1 Å². The maximum Gasteiger partial charge on any atom is 0.163 e. The number of allylic oxidation sites excluding steroid dienone is 2. The molecule has 0 N–H and O–H groups in total. The van der Waals surface area contributed by atoms with Crippen LogP contribution in [0.3, 0.4) is 0 Å². The predicted molar refractivity (Wildman–Crippen MR) is 177 cm³/mol. The molecule has 2 aromatic carbocycles. The second-order valence-electron chi connectivity index (χ2n) is 11.3. The van der Waals surface area contributed by atoms with Gasteiger partial charge in [0.25, 0.3) is 0 Å². The first kappa shape index (κ1) is 31.7. The van der Waals surface area contributed by atoms with Crippen molar-refractivity contribution < 1.29 is 0 Å². The van der Waals surface area contributed by atoms with Gasteiger partial charge in [0.05, 0.1) is 0 Å². The van der Waals surface area contributed by atoms with Gasteiger partial charge in [0.1, 0.15) is 0 Å². The number of benzene rings is 2. The Bertz CT molecular complexity index is 1090. The fourth-order valence-corrected chi connectivity index (χ4v) is 10.6. The van der Waals surface area contributed by atoms with Crippen LogP contribution in [-0.4, -0.2) is 16.1 Å². The number of unbranched alkanes of at least 4 members (excludes halogenated alkanes) is 2. The molecule has 0 aliphatic heterocycles. The van der Waals surface area contributed by atoms with Crippen LogP contribution in [0.15, 0.2) is 71.8 Å². The lowest BCUT2D eigenvalue weighted by molar-refractivity contribution is 0.859. The van der Waals surface area contributed by atoms with Crippen molar-refractivity contribution in [3.63, 3.8) is 0 Å². The van der Waals surface area contributed by atoms with Crippen LogP contribution in [-0.2, 0) is 0 Å². The molecule has 0 saturated heterocycles. The molecule has 0 amide bonds. The number of hydrogen-bond acceptors (Lipinski definition) is 0. The average Bonchev–Trinajstić information content (AvgIpc) is 2.89. The fraction of sp³-hybridized carbons (Fsp3) is 0.444. The molecule has 0 heterocycles. The van der Waals surface area contributed by atoms with E-state index in [-0.39, 0.29) is 0 Å². The van der Waals surface area contributed by atoms with Gasteiger partial charge in [-0.1, -0.05) is 127 Å². The van der Waals surface area contributed by atoms with E-state index in [4.69, 9.17) is 0 Å². The molecule has 0 fully saturated rings. The zero-order valence-corrected chi connectivity index (χ0v) is 27.4. The summed E-state index contributed by atoms with van der Waals surface area (Å²) in [5.41, 5.74) is 13.5. The van der Waals surface area contributed by atoms with Crippen molar-refractivity contribution in [2.75, 3.05) is 0 Å². The molecule has 0 spiro atoms. The quantitative estimate of drug-likeness (QED) is 0.152. The molecular weight excluding hydrogens is 489 g/mol. The lowest BCUT2D eigenvalue weighted by Crippen LogP contribution is -2.31. The van der Waals surface area contributed by atoms with Crippen molar-refractivity contribution in [3.05, 3.63) is 82.9 Å². The first-order chi connectivity index (χ1) is 18.2. The molecule has 0 atom stereocenters. The van der Waals surface area contributed by atoms with E-state index in [1.165, 1.54) is 21.5 Å². The normalized spacial score (nSPS) is 12.9. The van der Waals surface area contributed by atoms with Gasteiger partial charge in [-0.3, -0.25) is 0 Å². The van der Waals surface area contributed by atoms with Crippen LogP contribution >= 0.6 is 0 Å². The number of hydrogen-bond donors (Lipinski definition) is 0. The first-order valence-electron chi connectivity index (χ1n) is 14.8. The summed E-state index contributed by atoms with van der Waals surface area (Å²) in [6, 6.07) is 22.3. The molecule has 202 valence electrons. The Morgan fingerprint density at radius 1 is 0.526 bits per heavy atom. The van der Waals surface area contributed by atoms with Crippen molar-refractivity contribution >= 4 is 26.5 Å². The minimum atomic E-state index is -2.08. The SMILES string of the molecule is CCCC#C[Si](C)(C)/C(=C(CCC)/C(CCC)=C(\c1ccccc1)[Si](C)(C)C#CCCC)c1ccccc1. The molecule has 0 unspecified atom stereocenters. The summed E-state index contributed by atoms with van der Waals surface area (Å²) >= 11 is 0. The molecule has 2 aromatic rings. The second-order valence-corrected chi connectivity index (χ2v) is 19.3. The van der Waals surface area contributed by atoms with Gasteiger partial charge in [-0.15, -0.1) is 22.9 Å². The van der Waals surface area contributed by atoms with Crippen LogP contribution in [0.1, 0.15) is 90.2 Å². The monoisotopic (exact) mass is 538 g/mol. The lowest BCUT2D eigenvalue weighted by Gasteiger charge is -2.31. The summed E-state index contributed by atoms with van der Waals surface area (Å²) in [5, 5.41) is 3.07. The van der Waals surface area contributed by atoms with Gasteiger partial charge in [0.15, 0.2) is 16.1 Å². The standard InChI is InChI=1S/C36H50Si2/c1-9-13-21-29-37(5,6)35(31-25-17-15-18-26-31)33(23-11-3)34(24-12-4)36(32-27-19-16-20-28-32)38(7,8)30-22-14-10-2/h15-20,25-28H,9-14,23-24H2,1-8H3/b35-33+,36-34+. The summed E-state index contributed by atoms with van der Waals surface area (Å²) in [6.45, 7) is 18.9. The maximum absolute atomic E-state index is 3.85. The van der Waals surface area contributed by atoms with Crippen molar-refractivity contribution in [3.8, 4) is 22.9 Å². The Morgan fingerprint density at radius 2 is 0.868 bits per heavy atom. The van der Waals surface area contributed by atoms with Crippen LogP contribution in [0.5, 0.6) is 0 Å². The van der Waals surface area contributed by atoms with Gasteiger partial charge in [0.2, 0.25) is 0 Å². The van der Waals surface area contributed by atoms with E-state index in [0.29, 0.717) is 0 Å². The fourth-order valence-electron chi connectivity index (χ4n) is 5.33. The Hall–Kier alpha value is -2.53. The third-order valence-electron chi connectivity index (χ3n) is 6.89. The van der Waals surface area contributed by atoms with E-state index in [1.807, 2.05) is 0 Å². The zero-order chi connectivity index (χ0) is 28.0. The smallest absolute Gasteiger partial charge is 0.126 e. The molecule has 0 aliphatic carbocycles. The predicted octanol–water partition coefficient (Wildman–Crippen LogP) is 10.7. The molecule has 0 aliphatic rings. The summed E-state index contributed by atoms with van der Waals surface area (Å²) < 4.78 is 0. The van der Waals surface area contributed by atoms with E-state index in [0.717, 1.165) is 51.4 Å². The van der Waals surface area contributed by atoms with Crippen LogP contribution in [0, 0.1) is 22.9 Å². The van der Waals surface area contributed by atoms with E-state index in [2.05, 4.69) is 137 Å². The van der Waals surface area contributed by atoms with E-state index >= 15 is 0 Å². The van der Waals surface area contributed by atoms with Gasteiger partial charge >= 0.3 is 0 Å². The molecule has 0 aromatic heterocycles. The topological polar surface area (TPSA) is 0 Å². The molecular formula is C36H50Si2. The van der Waals surface area contributed by atoms with Crippen molar-refractivity contribution in [2.45, 2.75) is 105 Å². The van der Waals surface area contributed by atoms with Crippen LogP contribution in [0.25, 0.3) is 10.4 Å². The molecule has 0 bridgehead atoms. The molecule has 0 nitrogen and oxygen atoms in total. The summed E-state index contributed by atoms with van der Waals surface area (Å²) in [6.07, 6.45) is 8.57. The van der Waals surface area contributed by atoms with Crippen molar-refractivity contribution in [1.82, 2.24) is 0 Å². The Morgan fingerprint density at radius 3 is 1.16 bits per heavy atom. The van der Waals surface area contributed by atoms with Gasteiger partial charge in [-0.25, -0.2) is 0 Å². The third kappa shape index (κ3) is 8.76. The Labute approximate surface area is 237 Å². The van der Waals surface area contributed by atoms with Gasteiger partial charge in [-0.05, 0) is 58.3 Å². The minimum Gasteiger partial charge on any atom is -0.126 e. The Balaban J connectivity index is 3.12. The van der Waals surface area contributed by atoms with Gasteiger partial charge in [-0.2, -0.15) is 0 Å². The molecule has 2 rings (SSSR count). The minimum absolute atomic E-state index is 0.974. The van der Waals surface area contributed by atoms with Gasteiger partial charge in [0, 0.05) is 12.8 Å². The molecule has 38 heavy (non-hydrogen) atoms. The summed E-state index contributed by atoms with van der Waals surface area (Å²) in [5.74, 6) is 7.13. The lowest BCUT2D eigenvalue weighted by atomic mass is 9.93. The molecule has 2 heteroatoms. The highest BCUT2D eigenvalue weighted by molar-refractivity contribution is 7.02. The first-order valence-corrected chi connectivity index (χ1v) is 20.8. The average molecular weight is 539 g/mol. The van der Waals surface area contributed by atoms with Crippen molar-refractivity contribution in [2.24, 2.45) is 0 Å². The molecule has 0 saturated carbocycles. The third-order valence-corrected chi connectivity index (χ3v) is 12.2. The zero-order valence-electron chi connectivity index (χ0n) is 25.4.